The minimum absolute atomic E-state index is 0.0280. The highest BCUT2D eigenvalue weighted by atomic mass is 35.5. The molecule has 3 amide bonds. The molecular formula is C23H28ClN3O3S. The van der Waals surface area contributed by atoms with Crippen LogP contribution < -0.4 is 10.6 Å². The number of halogens is 1. The largest absolute Gasteiger partial charge is 0.352 e. The molecule has 0 aliphatic carbocycles. The van der Waals surface area contributed by atoms with Crippen molar-refractivity contribution in [3.8, 4) is 0 Å². The Kier molecular flexibility index (Phi) is 8.09. The lowest BCUT2D eigenvalue weighted by molar-refractivity contribution is -0.125. The molecule has 8 heteroatoms. The number of rotatable bonds is 7. The highest BCUT2D eigenvalue weighted by molar-refractivity contribution is 7.12. The normalized spacial score (nSPS) is 16.4. The molecule has 0 bridgehead atoms. The summed E-state index contributed by atoms with van der Waals surface area (Å²) in [5.74, 6) is -0.485. The number of likely N-dealkylation sites (tertiary alicyclic amines) is 1. The van der Waals surface area contributed by atoms with Gasteiger partial charge in [0.05, 0.1) is 4.88 Å². The molecule has 1 aliphatic heterocycles. The Morgan fingerprint density at radius 3 is 2.39 bits per heavy atom. The van der Waals surface area contributed by atoms with Crippen molar-refractivity contribution in [1.29, 1.82) is 0 Å². The van der Waals surface area contributed by atoms with Crippen LogP contribution in [0.1, 0.15) is 53.1 Å². The summed E-state index contributed by atoms with van der Waals surface area (Å²) in [5, 5.41) is 8.37. The van der Waals surface area contributed by atoms with Gasteiger partial charge >= 0.3 is 0 Å². The molecule has 0 saturated carbocycles. The molecule has 1 saturated heterocycles. The second-order valence-corrected chi connectivity index (χ2v) is 9.27. The molecule has 3 rings (SSSR count). The fraction of sp³-hybridized carbons (Fsp3) is 0.435. The zero-order valence-electron chi connectivity index (χ0n) is 17.8. The summed E-state index contributed by atoms with van der Waals surface area (Å²) in [6, 6.07) is 9.82. The first kappa shape index (κ1) is 23.3. The van der Waals surface area contributed by atoms with E-state index in [1.54, 1.807) is 35.2 Å². The molecule has 2 aromatic rings. The van der Waals surface area contributed by atoms with Crippen molar-refractivity contribution in [3.05, 3.63) is 57.2 Å². The van der Waals surface area contributed by atoms with Gasteiger partial charge in [-0.15, -0.1) is 11.3 Å². The molecule has 166 valence electrons. The van der Waals surface area contributed by atoms with Gasteiger partial charge in [-0.25, -0.2) is 0 Å². The van der Waals surface area contributed by atoms with E-state index in [-0.39, 0.29) is 29.7 Å². The summed E-state index contributed by atoms with van der Waals surface area (Å²) in [5.41, 5.74) is 0.597. The number of carbonyl (C=O) groups is 3. The van der Waals surface area contributed by atoms with E-state index < -0.39 is 6.04 Å². The van der Waals surface area contributed by atoms with Crippen molar-refractivity contribution < 1.29 is 14.4 Å². The van der Waals surface area contributed by atoms with Gasteiger partial charge in [-0.3, -0.25) is 14.4 Å². The number of nitrogens with zero attached hydrogens (tertiary/aromatic N) is 1. The van der Waals surface area contributed by atoms with Crippen molar-refractivity contribution in [2.45, 2.75) is 45.2 Å². The van der Waals surface area contributed by atoms with Crippen molar-refractivity contribution in [3.63, 3.8) is 0 Å². The fourth-order valence-corrected chi connectivity index (χ4v) is 4.42. The van der Waals surface area contributed by atoms with Gasteiger partial charge in [-0.2, -0.15) is 0 Å². The van der Waals surface area contributed by atoms with Crippen LogP contribution in [-0.2, 0) is 4.79 Å². The summed E-state index contributed by atoms with van der Waals surface area (Å²) in [7, 11) is 0. The summed E-state index contributed by atoms with van der Waals surface area (Å²) in [6.45, 7) is 5.02. The fourth-order valence-electron chi connectivity index (χ4n) is 3.66. The third-order valence-corrected chi connectivity index (χ3v) is 6.83. The van der Waals surface area contributed by atoms with Crippen molar-refractivity contribution in [1.82, 2.24) is 15.5 Å². The van der Waals surface area contributed by atoms with Gasteiger partial charge < -0.3 is 15.5 Å². The van der Waals surface area contributed by atoms with Gasteiger partial charge in [-0.1, -0.05) is 24.6 Å². The van der Waals surface area contributed by atoms with Crippen molar-refractivity contribution >= 4 is 40.7 Å². The van der Waals surface area contributed by atoms with Crippen LogP contribution in [0, 0.1) is 5.92 Å². The van der Waals surface area contributed by atoms with Gasteiger partial charge in [0.25, 0.3) is 11.8 Å². The lowest BCUT2D eigenvalue weighted by Gasteiger charge is -2.36. The van der Waals surface area contributed by atoms with E-state index >= 15 is 0 Å². The molecular weight excluding hydrogens is 434 g/mol. The van der Waals surface area contributed by atoms with Gasteiger partial charge in [0.2, 0.25) is 5.91 Å². The number of benzene rings is 1. The van der Waals surface area contributed by atoms with E-state index in [1.165, 1.54) is 11.3 Å². The smallest absolute Gasteiger partial charge is 0.262 e. The Labute approximate surface area is 192 Å². The van der Waals surface area contributed by atoms with Crippen molar-refractivity contribution in [2.75, 3.05) is 13.1 Å². The van der Waals surface area contributed by atoms with E-state index in [4.69, 9.17) is 11.6 Å². The summed E-state index contributed by atoms with van der Waals surface area (Å²) in [6.07, 6.45) is 2.09. The summed E-state index contributed by atoms with van der Waals surface area (Å²) < 4.78 is 0. The van der Waals surface area contributed by atoms with Gasteiger partial charge in [-0.05, 0) is 67.8 Å². The Bertz CT molecular complexity index is 893. The molecule has 1 aliphatic rings. The number of carbonyl (C=O) groups excluding carboxylic acids is 3. The van der Waals surface area contributed by atoms with Gasteiger partial charge in [0.1, 0.15) is 6.04 Å². The van der Waals surface area contributed by atoms with E-state index in [0.29, 0.717) is 41.4 Å². The Hall–Kier alpha value is -2.38. The van der Waals surface area contributed by atoms with Crippen LogP contribution in [-0.4, -0.2) is 47.8 Å². The molecule has 6 nitrogen and oxygen atoms in total. The number of hydrogen-bond donors (Lipinski definition) is 2. The van der Waals surface area contributed by atoms with Crippen LogP contribution in [0.4, 0.5) is 0 Å². The number of nitrogens with one attached hydrogen (secondary N) is 2. The number of thiophene rings is 1. The lowest BCUT2D eigenvalue weighted by atomic mass is 9.88. The molecule has 2 N–H and O–H groups in total. The van der Waals surface area contributed by atoms with Crippen LogP contribution in [0.3, 0.4) is 0 Å². The standard InChI is InChI=1S/C23H28ClN3O3S/c1-3-15(2)25-22(29)20(26-21(28)19-5-4-14-31-19)16-10-12-27(13-11-16)23(30)17-6-8-18(24)9-7-17/h4-9,14-16,20H,3,10-13H2,1-2H3,(H,25,29)(H,26,28)/t15-,20+/m0/s1. The maximum absolute atomic E-state index is 13.0. The van der Waals surface area contributed by atoms with E-state index in [1.807, 2.05) is 25.3 Å². The molecule has 1 fully saturated rings. The number of amides is 3. The summed E-state index contributed by atoms with van der Waals surface area (Å²) >= 11 is 7.26. The first-order chi connectivity index (χ1) is 14.9. The Balaban J connectivity index is 1.66. The molecule has 0 unspecified atom stereocenters. The van der Waals surface area contributed by atoms with Crippen LogP contribution in [0.15, 0.2) is 41.8 Å². The number of hydrogen-bond acceptors (Lipinski definition) is 4. The average molecular weight is 462 g/mol. The zero-order valence-corrected chi connectivity index (χ0v) is 19.3. The predicted molar refractivity (Wildman–Crippen MR) is 124 cm³/mol. The average Bonchev–Trinajstić information content (AvgIpc) is 3.32. The Morgan fingerprint density at radius 2 is 1.81 bits per heavy atom. The maximum atomic E-state index is 13.0. The lowest BCUT2D eigenvalue weighted by Crippen LogP contribution is -2.55. The van der Waals surface area contributed by atoms with Crippen molar-refractivity contribution in [2.24, 2.45) is 5.92 Å². The van der Waals surface area contributed by atoms with E-state index in [0.717, 1.165) is 6.42 Å². The second kappa shape index (κ2) is 10.8. The minimum Gasteiger partial charge on any atom is -0.352 e. The van der Waals surface area contributed by atoms with Crippen LogP contribution in [0.5, 0.6) is 0 Å². The molecule has 0 spiro atoms. The molecule has 0 radical (unpaired) electrons. The SMILES string of the molecule is CC[C@H](C)NC(=O)[C@H](NC(=O)c1cccs1)C1CCN(C(=O)c2ccc(Cl)cc2)CC1. The monoisotopic (exact) mass is 461 g/mol. The highest BCUT2D eigenvalue weighted by Crippen LogP contribution is 2.24. The summed E-state index contributed by atoms with van der Waals surface area (Å²) in [4.78, 5) is 40.8. The van der Waals surface area contributed by atoms with E-state index in [9.17, 15) is 14.4 Å². The molecule has 1 aromatic carbocycles. The van der Waals surface area contributed by atoms with Crippen LogP contribution in [0.2, 0.25) is 5.02 Å². The molecule has 1 aromatic heterocycles. The topological polar surface area (TPSA) is 78.5 Å². The third kappa shape index (κ3) is 6.08. The highest BCUT2D eigenvalue weighted by Gasteiger charge is 2.34. The second-order valence-electron chi connectivity index (χ2n) is 7.88. The quantitative estimate of drug-likeness (QED) is 0.654. The first-order valence-corrected chi connectivity index (χ1v) is 11.8. The van der Waals surface area contributed by atoms with Gasteiger partial charge in [0.15, 0.2) is 0 Å². The van der Waals surface area contributed by atoms with E-state index in [2.05, 4.69) is 10.6 Å². The zero-order chi connectivity index (χ0) is 22.4. The molecule has 2 heterocycles. The molecule has 31 heavy (non-hydrogen) atoms. The molecule has 2 atom stereocenters. The Morgan fingerprint density at radius 1 is 1.13 bits per heavy atom. The predicted octanol–water partition coefficient (Wildman–Crippen LogP) is 3.97. The first-order valence-electron chi connectivity index (χ1n) is 10.6. The number of piperidine rings is 1. The van der Waals surface area contributed by atoms with Gasteiger partial charge in [0, 0.05) is 29.7 Å². The maximum Gasteiger partial charge on any atom is 0.262 e. The minimum atomic E-state index is -0.628. The van der Waals surface area contributed by atoms with Crippen LogP contribution >= 0.6 is 22.9 Å². The third-order valence-electron chi connectivity index (χ3n) is 5.70. The van der Waals surface area contributed by atoms with Crippen LogP contribution in [0.25, 0.3) is 0 Å².